The molecule has 0 radical (unpaired) electrons. The molecule has 0 aliphatic carbocycles. The van der Waals surface area contributed by atoms with E-state index in [1.807, 2.05) is 19.1 Å². The molecule has 78 valence electrons. The first-order valence-corrected chi connectivity index (χ1v) is 6.42. The Morgan fingerprint density at radius 1 is 1.36 bits per heavy atom. The number of para-hydroxylation sites is 1. The second-order valence-corrected chi connectivity index (χ2v) is 5.14. The molecule has 0 fully saturated rings. The third-order valence-corrected chi connectivity index (χ3v) is 3.49. The number of sulfonamides is 1. The number of hydrogen-bond acceptors (Lipinski definition) is 2. The fourth-order valence-electron chi connectivity index (χ4n) is 1.12. The van der Waals surface area contributed by atoms with Crippen LogP contribution in [0.1, 0.15) is 12.5 Å². The van der Waals surface area contributed by atoms with E-state index in [9.17, 15) is 8.42 Å². The SMILES string of the molecule is CCc1ccccc1NS(=O)(=O)CCl. The van der Waals surface area contributed by atoms with Gasteiger partial charge in [-0.15, -0.1) is 11.6 Å². The Morgan fingerprint density at radius 3 is 2.57 bits per heavy atom. The number of anilines is 1. The van der Waals surface area contributed by atoms with Crippen LogP contribution < -0.4 is 4.72 Å². The lowest BCUT2D eigenvalue weighted by Gasteiger charge is -2.09. The van der Waals surface area contributed by atoms with Crippen LogP contribution in [0.4, 0.5) is 5.69 Å². The maximum Gasteiger partial charge on any atom is 0.246 e. The molecule has 0 aliphatic rings. The summed E-state index contributed by atoms with van der Waals surface area (Å²) >= 11 is 5.29. The van der Waals surface area contributed by atoms with Crippen molar-refractivity contribution in [1.82, 2.24) is 0 Å². The minimum Gasteiger partial charge on any atom is -0.282 e. The van der Waals surface area contributed by atoms with E-state index < -0.39 is 15.2 Å². The van der Waals surface area contributed by atoms with Gasteiger partial charge in [0.2, 0.25) is 10.0 Å². The van der Waals surface area contributed by atoms with E-state index in [-0.39, 0.29) is 0 Å². The van der Waals surface area contributed by atoms with Gasteiger partial charge in [-0.25, -0.2) is 8.42 Å². The third-order valence-electron chi connectivity index (χ3n) is 1.81. The van der Waals surface area contributed by atoms with Gasteiger partial charge in [-0.2, -0.15) is 0 Å². The Labute approximate surface area is 89.1 Å². The van der Waals surface area contributed by atoms with Crippen molar-refractivity contribution in [3.8, 4) is 0 Å². The molecule has 0 bridgehead atoms. The molecule has 0 saturated carbocycles. The lowest BCUT2D eigenvalue weighted by atomic mass is 10.1. The van der Waals surface area contributed by atoms with Crippen LogP contribution in [0.5, 0.6) is 0 Å². The largest absolute Gasteiger partial charge is 0.282 e. The predicted molar refractivity (Wildman–Crippen MR) is 59.1 cm³/mol. The van der Waals surface area contributed by atoms with Gasteiger partial charge in [0, 0.05) is 0 Å². The molecule has 1 N–H and O–H groups in total. The van der Waals surface area contributed by atoms with Crippen molar-refractivity contribution in [3.05, 3.63) is 29.8 Å². The summed E-state index contributed by atoms with van der Waals surface area (Å²) in [6.07, 6.45) is 0.779. The van der Waals surface area contributed by atoms with E-state index in [1.165, 1.54) is 0 Å². The summed E-state index contributed by atoms with van der Waals surface area (Å²) in [5.41, 5.74) is 1.57. The minimum atomic E-state index is -3.39. The maximum atomic E-state index is 11.2. The Morgan fingerprint density at radius 2 is 2.00 bits per heavy atom. The number of hydrogen-bond donors (Lipinski definition) is 1. The van der Waals surface area contributed by atoms with Gasteiger partial charge >= 0.3 is 0 Å². The molecule has 1 aromatic rings. The molecule has 0 unspecified atom stereocenters. The van der Waals surface area contributed by atoms with Gasteiger partial charge in [0.05, 0.1) is 5.69 Å². The summed E-state index contributed by atoms with van der Waals surface area (Å²) in [4.78, 5) is 0. The highest BCUT2D eigenvalue weighted by Gasteiger charge is 2.09. The second kappa shape index (κ2) is 4.66. The van der Waals surface area contributed by atoms with Crippen molar-refractivity contribution in [2.75, 3.05) is 9.93 Å². The average molecular weight is 234 g/mol. The van der Waals surface area contributed by atoms with Crippen LogP contribution in [0.2, 0.25) is 0 Å². The Bertz CT molecular complexity index is 403. The molecule has 14 heavy (non-hydrogen) atoms. The van der Waals surface area contributed by atoms with Crippen LogP contribution in [-0.4, -0.2) is 13.6 Å². The minimum absolute atomic E-state index is 0.426. The van der Waals surface area contributed by atoms with Gasteiger partial charge in [0.25, 0.3) is 0 Å². The van der Waals surface area contributed by atoms with E-state index in [2.05, 4.69) is 4.72 Å². The van der Waals surface area contributed by atoms with E-state index in [0.717, 1.165) is 12.0 Å². The third kappa shape index (κ3) is 2.89. The summed E-state index contributed by atoms with van der Waals surface area (Å²) in [6, 6.07) is 7.26. The summed E-state index contributed by atoms with van der Waals surface area (Å²) in [5, 5.41) is -0.426. The molecule has 5 heteroatoms. The molecule has 1 aromatic carbocycles. The first-order chi connectivity index (χ1) is 6.59. The normalized spacial score (nSPS) is 11.3. The van der Waals surface area contributed by atoms with E-state index in [1.54, 1.807) is 12.1 Å². The Kier molecular flexibility index (Phi) is 3.77. The van der Waals surface area contributed by atoms with Gasteiger partial charge in [-0.3, -0.25) is 4.72 Å². The fraction of sp³-hybridized carbons (Fsp3) is 0.333. The smallest absolute Gasteiger partial charge is 0.246 e. The molecular weight excluding hydrogens is 222 g/mol. The topological polar surface area (TPSA) is 46.2 Å². The molecule has 0 aliphatic heterocycles. The first kappa shape index (κ1) is 11.3. The number of alkyl halides is 1. The van der Waals surface area contributed by atoms with E-state index in [0.29, 0.717) is 5.69 Å². The summed E-state index contributed by atoms with van der Waals surface area (Å²) in [5.74, 6) is 0. The van der Waals surface area contributed by atoms with Crippen LogP contribution >= 0.6 is 11.6 Å². The maximum absolute atomic E-state index is 11.2. The number of aryl methyl sites for hydroxylation is 1. The monoisotopic (exact) mass is 233 g/mol. The van der Waals surface area contributed by atoms with Crippen molar-refractivity contribution in [3.63, 3.8) is 0 Å². The van der Waals surface area contributed by atoms with Gasteiger partial charge in [0.15, 0.2) is 0 Å². The molecule has 0 atom stereocenters. The second-order valence-electron chi connectivity index (χ2n) is 2.84. The van der Waals surface area contributed by atoms with Crippen molar-refractivity contribution in [2.45, 2.75) is 13.3 Å². The fourth-order valence-corrected chi connectivity index (χ4v) is 1.88. The van der Waals surface area contributed by atoms with Crippen LogP contribution in [-0.2, 0) is 16.4 Å². The van der Waals surface area contributed by atoms with Crippen LogP contribution in [0.25, 0.3) is 0 Å². The zero-order valence-corrected chi connectivity index (χ0v) is 9.40. The molecular formula is C9H12ClNO2S. The van der Waals surface area contributed by atoms with Gasteiger partial charge < -0.3 is 0 Å². The quantitative estimate of drug-likeness (QED) is 0.811. The van der Waals surface area contributed by atoms with Gasteiger partial charge in [-0.1, -0.05) is 25.1 Å². The number of benzene rings is 1. The van der Waals surface area contributed by atoms with E-state index in [4.69, 9.17) is 11.6 Å². The summed E-state index contributed by atoms with van der Waals surface area (Å²) < 4.78 is 24.8. The zero-order valence-electron chi connectivity index (χ0n) is 7.83. The highest BCUT2D eigenvalue weighted by molar-refractivity contribution is 7.93. The molecule has 0 heterocycles. The van der Waals surface area contributed by atoms with Crippen molar-refractivity contribution in [2.24, 2.45) is 0 Å². The molecule has 0 amide bonds. The highest BCUT2D eigenvalue weighted by Crippen LogP contribution is 2.17. The van der Waals surface area contributed by atoms with Crippen LogP contribution in [0.3, 0.4) is 0 Å². The highest BCUT2D eigenvalue weighted by atomic mass is 35.5. The van der Waals surface area contributed by atoms with Crippen molar-refractivity contribution < 1.29 is 8.42 Å². The summed E-state index contributed by atoms with van der Waals surface area (Å²) in [7, 11) is -3.39. The number of nitrogens with one attached hydrogen (secondary N) is 1. The molecule has 3 nitrogen and oxygen atoms in total. The Balaban J connectivity index is 2.97. The molecule has 0 aromatic heterocycles. The first-order valence-electron chi connectivity index (χ1n) is 4.23. The van der Waals surface area contributed by atoms with Crippen LogP contribution in [0, 0.1) is 0 Å². The van der Waals surface area contributed by atoms with Gasteiger partial charge in [-0.05, 0) is 18.1 Å². The van der Waals surface area contributed by atoms with E-state index >= 15 is 0 Å². The van der Waals surface area contributed by atoms with Crippen LogP contribution in [0.15, 0.2) is 24.3 Å². The van der Waals surface area contributed by atoms with Gasteiger partial charge in [0.1, 0.15) is 5.21 Å². The lowest BCUT2D eigenvalue weighted by Crippen LogP contribution is -2.14. The molecule has 0 saturated heterocycles. The van der Waals surface area contributed by atoms with Crippen molar-refractivity contribution >= 4 is 27.3 Å². The molecule has 0 spiro atoms. The number of rotatable bonds is 4. The zero-order chi connectivity index (χ0) is 10.6. The van der Waals surface area contributed by atoms with Crippen molar-refractivity contribution in [1.29, 1.82) is 0 Å². The number of halogens is 1. The lowest BCUT2D eigenvalue weighted by molar-refractivity contribution is 0.605. The predicted octanol–water partition coefficient (Wildman–Crippen LogP) is 2.19. The average Bonchev–Trinajstić information content (AvgIpc) is 2.18. The summed E-state index contributed by atoms with van der Waals surface area (Å²) in [6.45, 7) is 1.97. The standard InChI is InChI=1S/C9H12ClNO2S/c1-2-8-5-3-4-6-9(8)11-14(12,13)7-10/h3-6,11H,2,7H2,1H3. The Hall–Kier alpha value is -0.740. The molecule has 1 rings (SSSR count).